The third-order valence-corrected chi connectivity index (χ3v) is 6.22. The number of sulfonamides is 1. The Kier molecular flexibility index (Phi) is 6.27. The predicted molar refractivity (Wildman–Crippen MR) is 99.4 cm³/mol. The Morgan fingerprint density at radius 2 is 1.62 bits per heavy atom. The van der Waals surface area contributed by atoms with Crippen LogP contribution in [0.15, 0.2) is 53.4 Å². The quantitative estimate of drug-likeness (QED) is 0.735. The van der Waals surface area contributed by atoms with E-state index in [1.54, 1.807) is 12.1 Å². The van der Waals surface area contributed by atoms with Crippen LogP contribution in [0, 0.1) is 5.82 Å². The van der Waals surface area contributed by atoms with Gasteiger partial charge in [0.1, 0.15) is 18.2 Å². The molecule has 0 saturated heterocycles. The number of ether oxygens (including phenoxy) is 1. The van der Waals surface area contributed by atoms with E-state index in [1.165, 1.54) is 61.9 Å². The summed E-state index contributed by atoms with van der Waals surface area (Å²) >= 11 is 0. The molecule has 140 valence electrons. The second-order valence-electron chi connectivity index (χ2n) is 6.60. The minimum absolute atomic E-state index is 0.143. The SMILES string of the molecule is O=S(=O)(NCCOc1ccc(F)cc1)c1ccc(C2CCCCC2)cc1. The van der Waals surface area contributed by atoms with Crippen LogP contribution in [-0.2, 0) is 10.0 Å². The summed E-state index contributed by atoms with van der Waals surface area (Å²) in [6, 6.07) is 12.8. The fourth-order valence-corrected chi connectivity index (χ4v) is 4.33. The van der Waals surface area contributed by atoms with Gasteiger partial charge in [0.25, 0.3) is 0 Å². The van der Waals surface area contributed by atoms with E-state index in [9.17, 15) is 12.8 Å². The van der Waals surface area contributed by atoms with Gasteiger partial charge in [-0.25, -0.2) is 17.5 Å². The van der Waals surface area contributed by atoms with Gasteiger partial charge in [0.15, 0.2) is 0 Å². The highest BCUT2D eigenvalue weighted by Gasteiger charge is 2.17. The number of benzene rings is 2. The smallest absolute Gasteiger partial charge is 0.240 e. The van der Waals surface area contributed by atoms with Gasteiger partial charge in [0.2, 0.25) is 10.0 Å². The van der Waals surface area contributed by atoms with Crippen LogP contribution in [0.1, 0.15) is 43.6 Å². The molecule has 4 nitrogen and oxygen atoms in total. The molecular formula is C20H24FNO3S. The van der Waals surface area contributed by atoms with E-state index >= 15 is 0 Å². The van der Waals surface area contributed by atoms with Crippen LogP contribution in [0.5, 0.6) is 5.75 Å². The molecule has 3 rings (SSSR count). The summed E-state index contributed by atoms with van der Waals surface area (Å²) in [5.41, 5.74) is 1.23. The van der Waals surface area contributed by atoms with Gasteiger partial charge in [-0.05, 0) is 60.7 Å². The van der Waals surface area contributed by atoms with E-state index in [1.807, 2.05) is 12.1 Å². The monoisotopic (exact) mass is 377 g/mol. The van der Waals surface area contributed by atoms with Crippen molar-refractivity contribution in [3.63, 3.8) is 0 Å². The van der Waals surface area contributed by atoms with Gasteiger partial charge >= 0.3 is 0 Å². The zero-order chi connectivity index (χ0) is 18.4. The number of hydrogen-bond acceptors (Lipinski definition) is 3. The molecule has 0 radical (unpaired) electrons. The molecule has 1 saturated carbocycles. The van der Waals surface area contributed by atoms with Crippen molar-refractivity contribution in [2.24, 2.45) is 0 Å². The number of nitrogens with one attached hydrogen (secondary N) is 1. The molecule has 0 aliphatic heterocycles. The minimum atomic E-state index is -3.56. The summed E-state index contributed by atoms with van der Waals surface area (Å²) in [6.45, 7) is 0.315. The molecule has 2 aromatic rings. The maximum Gasteiger partial charge on any atom is 0.240 e. The van der Waals surface area contributed by atoms with Crippen LogP contribution in [0.4, 0.5) is 4.39 Å². The van der Waals surface area contributed by atoms with Gasteiger partial charge in [0, 0.05) is 6.54 Å². The molecule has 26 heavy (non-hydrogen) atoms. The van der Waals surface area contributed by atoms with Crippen LogP contribution in [0.3, 0.4) is 0 Å². The Morgan fingerprint density at radius 1 is 0.962 bits per heavy atom. The van der Waals surface area contributed by atoms with Crippen molar-refractivity contribution in [2.45, 2.75) is 42.9 Å². The van der Waals surface area contributed by atoms with Crippen LogP contribution >= 0.6 is 0 Å². The van der Waals surface area contributed by atoms with Gasteiger partial charge < -0.3 is 4.74 Å². The Bertz CT molecular complexity index is 798. The van der Waals surface area contributed by atoms with E-state index in [4.69, 9.17) is 4.74 Å². The lowest BCUT2D eigenvalue weighted by Crippen LogP contribution is -2.28. The van der Waals surface area contributed by atoms with Gasteiger partial charge in [-0.1, -0.05) is 31.4 Å². The number of halogens is 1. The molecule has 1 fully saturated rings. The highest BCUT2D eigenvalue weighted by Crippen LogP contribution is 2.32. The van der Waals surface area contributed by atoms with Crippen molar-refractivity contribution in [3.05, 3.63) is 59.9 Å². The first-order valence-electron chi connectivity index (χ1n) is 9.02. The third kappa shape index (κ3) is 5.05. The molecule has 0 unspecified atom stereocenters. The molecule has 0 bridgehead atoms. The first kappa shape index (κ1) is 18.9. The van der Waals surface area contributed by atoms with Crippen molar-refractivity contribution in [2.75, 3.05) is 13.2 Å². The summed E-state index contributed by atoms with van der Waals surface area (Å²) in [7, 11) is -3.56. The van der Waals surface area contributed by atoms with E-state index in [0.717, 1.165) is 0 Å². The van der Waals surface area contributed by atoms with Crippen LogP contribution < -0.4 is 9.46 Å². The topological polar surface area (TPSA) is 55.4 Å². The third-order valence-electron chi connectivity index (χ3n) is 4.74. The lowest BCUT2D eigenvalue weighted by atomic mass is 9.84. The molecular weight excluding hydrogens is 353 g/mol. The molecule has 6 heteroatoms. The van der Waals surface area contributed by atoms with Gasteiger partial charge in [-0.3, -0.25) is 0 Å². The Hall–Kier alpha value is -1.92. The van der Waals surface area contributed by atoms with E-state index < -0.39 is 10.0 Å². The molecule has 1 aliphatic carbocycles. The summed E-state index contributed by atoms with van der Waals surface area (Å²) in [5.74, 6) is 0.717. The largest absolute Gasteiger partial charge is 0.492 e. The van der Waals surface area contributed by atoms with Crippen molar-refractivity contribution < 1.29 is 17.5 Å². The van der Waals surface area contributed by atoms with Crippen molar-refractivity contribution in [1.29, 1.82) is 0 Å². The second-order valence-corrected chi connectivity index (χ2v) is 8.37. The molecule has 0 spiro atoms. The Labute approximate surface area is 154 Å². The predicted octanol–water partition coefficient (Wildman–Crippen LogP) is 4.23. The van der Waals surface area contributed by atoms with Crippen LogP contribution in [-0.4, -0.2) is 21.6 Å². The zero-order valence-corrected chi connectivity index (χ0v) is 15.5. The molecule has 0 heterocycles. The fourth-order valence-electron chi connectivity index (χ4n) is 3.31. The highest BCUT2D eigenvalue weighted by atomic mass is 32.2. The summed E-state index contributed by atoms with van der Waals surface area (Å²) in [4.78, 5) is 0.263. The first-order chi connectivity index (χ1) is 12.5. The summed E-state index contributed by atoms with van der Waals surface area (Å²) in [6.07, 6.45) is 6.17. The summed E-state index contributed by atoms with van der Waals surface area (Å²) < 4.78 is 45.5. The molecule has 0 aromatic heterocycles. The maximum absolute atomic E-state index is 12.8. The zero-order valence-electron chi connectivity index (χ0n) is 14.7. The van der Waals surface area contributed by atoms with Crippen LogP contribution in [0.25, 0.3) is 0 Å². The van der Waals surface area contributed by atoms with Gasteiger partial charge in [-0.15, -0.1) is 0 Å². The molecule has 2 aromatic carbocycles. The minimum Gasteiger partial charge on any atom is -0.492 e. The average Bonchev–Trinajstić information content (AvgIpc) is 2.67. The van der Waals surface area contributed by atoms with Crippen molar-refractivity contribution >= 4 is 10.0 Å². The number of rotatable bonds is 7. The molecule has 0 amide bonds. The highest BCUT2D eigenvalue weighted by molar-refractivity contribution is 7.89. The van der Waals surface area contributed by atoms with E-state index in [0.29, 0.717) is 11.7 Å². The van der Waals surface area contributed by atoms with Crippen LogP contribution in [0.2, 0.25) is 0 Å². The molecule has 0 atom stereocenters. The second kappa shape index (κ2) is 8.64. The molecule has 1 aliphatic rings. The average molecular weight is 377 g/mol. The summed E-state index contributed by atoms with van der Waals surface area (Å²) in [5, 5.41) is 0. The van der Waals surface area contributed by atoms with E-state index in [-0.39, 0.29) is 23.9 Å². The number of hydrogen-bond donors (Lipinski definition) is 1. The lowest BCUT2D eigenvalue weighted by Gasteiger charge is -2.22. The fraction of sp³-hybridized carbons (Fsp3) is 0.400. The Morgan fingerprint density at radius 3 is 2.27 bits per heavy atom. The van der Waals surface area contributed by atoms with Gasteiger partial charge in [0.05, 0.1) is 4.90 Å². The first-order valence-corrected chi connectivity index (χ1v) is 10.5. The van der Waals surface area contributed by atoms with Gasteiger partial charge in [-0.2, -0.15) is 0 Å². The Balaban J connectivity index is 1.51. The molecule has 1 N–H and O–H groups in total. The normalized spacial score (nSPS) is 15.7. The van der Waals surface area contributed by atoms with Crippen molar-refractivity contribution in [1.82, 2.24) is 4.72 Å². The standard InChI is InChI=1S/C20H24FNO3S/c21-18-8-10-19(11-9-18)25-15-14-22-26(23,24)20-12-6-17(7-13-20)16-4-2-1-3-5-16/h6-13,16,22H,1-5,14-15H2. The maximum atomic E-state index is 12.8. The van der Waals surface area contributed by atoms with E-state index in [2.05, 4.69) is 4.72 Å². The van der Waals surface area contributed by atoms with Crippen molar-refractivity contribution in [3.8, 4) is 5.75 Å². The lowest BCUT2D eigenvalue weighted by molar-refractivity contribution is 0.322.